The van der Waals surface area contributed by atoms with Gasteiger partial charge in [0.2, 0.25) is 5.91 Å². The minimum absolute atomic E-state index is 0.0704. The molecular formula is C32H44N6O3S. The zero-order valence-electron chi connectivity index (χ0n) is 24.9. The first kappa shape index (κ1) is 29.8. The number of amides is 1. The Hall–Kier alpha value is -2.26. The van der Waals surface area contributed by atoms with Crippen LogP contribution in [0.5, 0.6) is 0 Å². The number of piperazine rings is 1. The van der Waals surface area contributed by atoms with E-state index in [0.29, 0.717) is 38.1 Å². The molecule has 0 bridgehead atoms. The van der Waals surface area contributed by atoms with Gasteiger partial charge in [-0.3, -0.25) is 25.1 Å². The van der Waals surface area contributed by atoms with Gasteiger partial charge in [0.1, 0.15) is 0 Å². The third-order valence-corrected chi connectivity index (χ3v) is 11.8. The van der Waals surface area contributed by atoms with Crippen LogP contribution in [0.25, 0.3) is 0 Å². The number of carbonyl (C=O) groups excluding carboxylic acids is 2. The molecular weight excluding hydrogens is 548 g/mol. The maximum Gasteiger partial charge on any atom is 0.246 e. The van der Waals surface area contributed by atoms with E-state index in [4.69, 9.17) is 4.74 Å². The average molecular weight is 593 g/mol. The molecule has 6 rings (SSSR count). The Morgan fingerprint density at radius 1 is 1.24 bits per heavy atom. The van der Waals surface area contributed by atoms with Crippen molar-refractivity contribution in [2.75, 3.05) is 39.8 Å². The molecule has 1 amide bonds. The Balaban J connectivity index is 1.24. The number of ether oxygens (including phenoxy) is 1. The highest BCUT2D eigenvalue weighted by Crippen LogP contribution is 2.48. The predicted molar refractivity (Wildman–Crippen MR) is 163 cm³/mol. The van der Waals surface area contributed by atoms with Gasteiger partial charge < -0.3 is 14.5 Å². The van der Waals surface area contributed by atoms with Crippen LogP contribution in [0.1, 0.15) is 48.8 Å². The minimum Gasteiger partial charge on any atom is -0.348 e. The first-order valence-corrected chi connectivity index (χ1v) is 16.4. The Morgan fingerprint density at radius 2 is 2.10 bits per heavy atom. The number of rotatable bonds is 6. The zero-order chi connectivity index (χ0) is 29.4. The Bertz CT molecular complexity index is 1250. The van der Waals surface area contributed by atoms with Crippen LogP contribution in [-0.4, -0.2) is 102 Å². The molecule has 1 aromatic rings. The second-order valence-electron chi connectivity index (χ2n) is 12.8. The molecule has 9 nitrogen and oxygen atoms in total. The number of ketones is 1. The van der Waals surface area contributed by atoms with Crippen LogP contribution in [-0.2, 0) is 26.5 Å². The van der Waals surface area contributed by atoms with E-state index in [1.165, 1.54) is 29.2 Å². The van der Waals surface area contributed by atoms with Crippen molar-refractivity contribution in [1.29, 1.82) is 5.26 Å². The number of nitrogens with zero attached hydrogens (tertiary/aromatic N) is 4. The third-order valence-electron chi connectivity index (χ3n) is 10.3. The monoisotopic (exact) mass is 592 g/mol. The quantitative estimate of drug-likeness (QED) is 0.483. The van der Waals surface area contributed by atoms with Crippen molar-refractivity contribution in [3.63, 3.8) is 0 Å². The van der Waals surface area contributed by atoms with Gasteiger partial charge in [-0.25, -0.2) is 0 Å². The van der Waals surface area contributed by atoms with Crippen LogP contribution in [0.4, 0.5) is 0 Å². The van der Waals surface area contributed by atoms with Crippen molar-refractivity contribution in [1.82, 2.24) is 25.3 Å². The van der Waals surface area contributed by atoms with E-state index >= 15 is 0 Å². The number of nitrogens with one attached hydrogen (secondary N) is 2. The second-order valence-corrected chi connectivity index (χ2v) is 14.2. The molecule has 42 heavy (non-hydrogen) atoms. The number of nitriles is 1. The van der Waals surface area contributed by atoms with Gasteiger partial charge in [0.25, 0.3) is 0 Å². The maximum absolute atomic E-state index is 14.6. The molecule has 0 aromatic heterocycles. The fourth-order valence-corrected chi connectivity index (χ4v) is 9.34. The fraction of sp³-hybridized carbons (Fsp3) is 0.656. The standard InChI is InChI=1S/C32H44N6O3S/c1-4-27(39)38-15-14-37(18-24(38)10-12-33)30-26-9-11-32(17-23-16-21(2)7-8-22(23)20-42-32)29(40)28(26)34-31(35-30)41-19-25-6-5-13-36(25)3/h4,7-8,16,24-26,28,30-31,34-35H,1,5-6,9-11,13-15,17-20H2,2-3H3/t24?,25?,26?,28?,30?,31?,32-/m0/s1. The van der Waals surface area contributed by atoms with Crippen molar-refractivity contribution in [2.45, 2.75) is 86.6 Å². The summed E-state index contributed by atoms with van der Waals surface area (Å²) in [6.45, 7) is 9.25. The number of fused-ring (bicyclic) bond motifs is 2. The van der Waals surface area contributed by atoms with Gasteiger partial charge in [-0.2, -0.15) is 5.26 Å². The summed E-state index contributed by atoms with van der Waals surface area (Å²) in [5, 5.41) is 16.9. The van der Waals surface area contributed by atoms with E-state index in [-0.39, 0.29) is 36.5 Å². The number of likely N-dealkylation sites (N-methyl/N-ethyl adjacent to an activating group) is 1. The number of thioether (sulfide) groups is 1. The summed E-state index contributed by atoms with van der Waals surface area (Å²) in [5.41, 5.74) is 3.90. The number of aryl methyl sites for hydroxylation is 1. The molecule has 4 heterocycles. The number of benzene rings is 1. The smallest absolute Gasteiger partial charge is 0.246 e. The van der Waals surface area contributed by atoms with E-state index in [1.807, 2.05) is 11.8 Å². The lowest BCUT2D eigenvalue weighted by atomic mass is 9.71. The van der Waals surface area contributed by atoms with Gasteiger partial charge in [-0.1, -0.05) is 30.3 Å². The fourth-order valence-electron chi connectivity index (χ4n) is 7.84. The molecule has 0 radical (unpaired) electrons. The van der Waals surface area contributed by atoms with Gasteiger partial charge in [-0.15, -0.1) is 11.8 Å². The summed E-state index contributed by atoms with van der Waals surface area (Å²) in [6.07, 6.45) is 5.90. The summed E-state index contributed by atoms with van der Waals surface area (Å²) in [4.78, 5) is 33.6. The van der Waals surface area contributed by atoms with Crippen LogP contribution in [0.15, 0.2) is 30.9 Å². The van der Waals surface area contributed by atoms with Crippen molar-refractivity contribution >= 4 is 23.5 Å². The van der Waals surface area contributed by atoms with Gasteiger partial charge >= 0.3 is 0 Å². The molecule has 6 unspecified atom stereocenters. The molecule has 1 saturated carbocycles. The average Bonchev–Trinajstić information content (AvgIpc) is 3.41. The number of carbonyl (C=O) groups is 2. The lowest BCUT2D eigenvalue weighted by Crippen LogP contribution is -2.75. The summed E-state index contributed by atoms with van der Waals surface area (Å²) in [5.74, 6) is 1.10. The molecule has 1 spiro atoms. The van der Waals surface area contributed by atoms with Gasteiger partial charge in [0.05, 0.1) is 42.1 Å². The van der Waals surface area contributed by atoms with Crippen LogP contribution < -0.4 is 10.6 Å². The van der Waals surface area contributed by atoms with E-state index in [9.17, 15) is 14.9 Å². The summed E-state index contributed by atoms with van der Waals surface area (Å²) >= 11 is 1.82. The van der Waals surface area contributed by atoms with Gasteiger partial charge in [0.15, 0.2) is 12.1 Å². The largest absolute Gasteiger partial charge is 0.348 e. The summed E-state index contributed by atoms with van der Waals surface area (Å²) < 4.78 is 6.05. The molecule has 1 aliphatic carbocycles. The maximum atomic E-state index is 14.6. The zero-order valence-corrected chi connectivity index (χ0v) is 25.7. The molecule has 4 fully saturated rings. The minimum atomic E-state index is -0.449. The summed E-state index contributed by atoms with van der Waals surface area (Å²) in [6, 6.07) is 8.76. The van der Waals surface area contributed by atoms with Gasteiger partial charge in [0, 0.05) is 37.3 Å². The van der Waals surface area contributed by atoms with E-state index in [1.54, 1.807) is 4.90 Å². The number of hydrogen-bond donors (Lipinski definition) is 2. The number of Topliss-reactive ketones (excluding diaryl/α,β-unsaturated/α-hetero) is 1. The van der Waals surface area contributed by atoms with E-state index < -0.39 is 11.1 Å². The molecule has 4 aliphatic heterocycles. The predicted octanol–water partition coefficient (Wildman–Crippen LogP) is 2.40. The molecule has 226 valence electrons. The molecule has 10 heteroatoms. The molecule has 1 aromatic carbocycles. The van der Waals surface area contributed by atoms with Crippen molar-refractivity contribution in [3.05, 3.63) is 47.5 Å². The van der Waals surface area contributed by atoms with Crippen molar-refractivity contribution < 1.29 is 14.3 Å². The van der Waals surface area contributed by atoms with E-state index in [2.05, 4.69) is 65.3 Å². The molecule has 3 saturated heterocycles. The lowest BCUT2D eigenvalue weighted by Gasteiger charge is -2.55. The first-order valence-electron chi connectivity index (χ1n) is 15.5. The molecule has 2 N–H and O–H groups in total. The second kappa shape index (κ2) is 12.4. The van der Waals surface area contributed by atoms with Crippen LogP contribution in [0.2, 0.25) is 0 Å². The SMILES string of the molecule is C=CC(=O)N1CCN(C2NC(OCC3CCCN3C)NC3C(=O)[C@]4(CCC32)Cc2cc(C)ccc2CS4)CC1CC#N. The van der Waals surface area contributed by atoms with Crippen LogP contribution in [0.3, 0.4) is 0 Å². The van der Waals surface area contributed by atoms with Gasteiger partial charge in [-0.05, 0) is 69.8 Å². The highest BCUT2D eigenvalue weighted by molar-refractivity contribution is 8.00. The Morgan fingerprint density at radius 3 is 2.86 bits per heavy atom. The highest BCUT2D eigenvalue weighted by Gasteiger charge is 2.55. The highest BCUT2D eigenvalue weighted by atomic mass is 32.2. The molecule has 7 atom stereocenters. The first-order chi connectivity index (χ1) is 20.3. The lowest BCUT2D eigenvalue weighted by molar-refractivity contribution is -0.145. The normalized spacial score (nSPS) is 35.5. The Labute approximate surface area is 254 Å². The summed E-state index contributed by atoms with van der Waals surface area (Å²) in [7, 11) is 2.15. The number of hydrogen-bond acceptors (Lipinski definition) is 9. The van der Waals surface area contributed by atoms with Crippen molar-refractivity contribution in [3.8, 4) is 6.07 Å². The van der Waals surface area contributed by atoms with Crippen LogP contribution in [0, 0.1) is 24.2 Å². The molecule has 5 aliphatic rings. The Kier molecular flexibility index (Phi) is 8.79. The topological polar surface area (TPSA) is 101 Å². The third kappa shape index (κ3) is 5.68. The number of likely N-dealkylation sites (tertiary alicyclic amines) is 1. The van der Waals surface area contributed by atoms with Crippen LogP contribution >= 0.6 is 11.8 Å². The van der Waals surface area contributed by atoms with Crippen molar-refractivity contribution in [2.24, 2.45) is 5.92 Å². The van der Waals surface area contributed by atoms with E-state index in [0.717, 1.165) is 38.0 Å².